The monoisotopic (exact) mass is 318 g/mol. The summed E-state index contributed by atoms with van der Waals surface area (Å²) in [6, 6.07) is 25.2. The Balaban J connectivity index is 2.33. The second kappa shape index (κ2) is 6.40. The smallest absolute Gasteiger partial charge is 0.115 e. The molecule has 0 aromatic heterocycles. The van der Waals surface area contributed by atoms with E-state index < -0.39 is 0 Å². The maximum absolute atomic E-state index is 9.71. The first-order valence-corrected chi connectivity index (χ1v) is 8.19. The van der Waals surface area contributed by atoms with Gasteiger partial charge in [-0.3, -0.25) is 0 Å². The van der Waals surface area contributed by atoms with Gasteiger partial charge in [0.1, 0.15) is 11.5 Å². The van der Waals surface area contributed by atoms with Crippen molar-refractivity contribution in [2.24, 2.45) is 5.92 Å². The first-order valence-electron chi connectivity index (χ1n) is 8.19. The Bertz CT molecular complexity index is 742. The van der Waals surface area contributed by atoms with Crippen molar-refractivity contribution in [1.29, 1.82) is 0 Å². The van der Waals surface area contributed by atoms with Gasteiger partial charge >= 0.3 is 0 Å². The van der Waals surface area contributed by atoms with Crippen LogP contribution in [0.1, 0.15) is 30.5 Å². The third-order valence-corrected chi connectivity index (χ3v) is 4.74. The van der Waals surface area contributed by atoms with Crippen molar-refractivity contribution in [2.75, 3.05) is 0 Å². The van der Waals surface area contributed by atoms with Gasteiger partial charge in [-0.05, 0) is 46.9 Å². The molecule has 0 saturated carbocycles. The van der Waals surface area contributed by atoms with E-state index >= 15 is 0 Å². The Hall–Kier alpha value is -2.74. The molecule has 0 fully saturated rings. The van der Waals surface area contributed by atoms with E-state index in [9.17, 15) is 10.2 Å². The summed E-state index contributed by atoms with van der Waals surface area (Å²) in [6.07, 6.45) is 0. The lowest BCUT2D eigenvalue weighted by molar-refractivity contribution is 0.433. The summed E-state index contributed by atoms with van der Waals surface area (Å²) in [5, 5.41) is 19.4. The third-order valence-electron chi connectivity index (χ3n) is 4.74. The molecule has 3 rings (SSSR count). The molecule has 2 heteroatoms. The van der Waals surface area contributed by atoms with Crippen LogP contribution >= 0.6 is 0 Å². The summed E-state index contributed by atoms with van der Waals surface area (Å²) >= 11 is 0. The standard InChI is InChI=1S/C22H22O2/c1-16(2)22(17-6-4-3-5-7-17,18-8-12-20(23)13-9-18)19-10-14-21(24)15-11-19/h3-16,23-24H,1-2H3. The molecule has 0 amide bonds. The number of aromatic hydroxyl groups is 2. The Labute approximate surface area is 143 Å². The van der Waals surface area contributed by atoms with Crippen LogP contribution in [-0.2, 0) is 5.41 Å². The van der Waals surface area contributed by atoms with Crippen LogP contribution in [-0.4, -0.2) is 10.2 Å². The van der Waals surface area contributed by atoms with E-state index in [1.165, 1.54) is 5.56 Å². The van der Waals surface area contributed by atoms with Crippen LogP contribution in [0.25, 0.3) is 0 Å². The van der Waals surface area contributed by atoms with E-state index in [0.717, 1.165) is 11.1 Å². The quantitative estimate of drug-likeness (QED) is 0.658. The molecule has 24 heavy (non-hydrogen) atoms. The lowest BCUT2D eigenvalue weighted by Crippen LogP contribution is -2.35. The fourth-order valence-electron chi connectivity index (χ4n) is 3.65. The highest BCUT2D eigenvalue weighted by Crippen LogP contribution is 2.45. The average molecular weight is 318 g/mol. The molecule has 0 radical (unpaired) electrons. The summed E-state index contributed by atoms with van der Waals surface area (Å²) in [6.45, 7) is 4.40. The number of phenols is 2. The molecule has 3 aromatic carbocycles. The molecule has 0 aliphatic heterocycles. The molecule has 122 valence electrons. The number of rotatable bonds is 4. The molecular formula is C22H22O2. The molecule has 0 saturated heterocycles. The van der Waals surface area contributed by atoms with Crippen LogP contribution in [0.5, 0.6) is 11.5 Å². The minimum Gasteiger partial charge on any atom is -0.508 e. The molecule has 0 spiro atoms. The Morgan fingerprint density at radius 3 is 1.33 bits per heavy atom. The van der Waals surface area contributed by atoms with Crippen molar-refractivity contribution < 1.29 is 10.2 Å². The van der Waals surface area contributed by atoms with Crippen molar-refractivity contribution in [3.05, 3.63) is 95.6 Å². The summed E-state index contributed by atoms with van der Waals surface area (Å²) < 4.78 is 0. The SMILES string of the molecule is CC(C)C(c1ccccc1)(c1ccc(O)cc1)c1ccc(O)cc1. The van der Waals surface area contributed by atoms with Crippen LogP contribution in [0.4, 0.5) is 0 Å². The van der Waals surface area contributed by atoms with E-state index in [0.29, 0.717) is 0 Å². The molecule has 0 bridgehead atoms. The van der Waals surface area contributed by atoms with Gasteiger partial charge in [0, 0.05) is 5.41 Å². The summed E-state index contributed by atoms with van der Waals surface area (Å²) in [4.78, 5) is 0. The van der Waals surface area contributed by atoms with Crippen LogP contribution < -0.4 is 0 Å². The average Bonchev–Trinajstić information content (AvgIpc) is 2.59. The maximum Gasteiger partial charge on any atom is 0.115 e. The fraction of sp³-hybridized carbons (Fsp3) is 0.182. The summed E-state index contributed by atoms with van der Waals surface area (Å²) in [5.74, 6) is 0.791. The van der Waals surface area contributed by atoms with Gasteiger partial charge in [0.2, 0.25) is 0 Å². The lowest BCUT2D eigenvalue weighted by atomic mass is 9.63. The highest BCUT2D eigenvalue weighted by atomic mass is 16.3. The summed E-state index contributed by atoms with van der Waals surface area (Å²) in [7, 11) is 0. The van der Waals surface area contributed by atoms with E-state index in [1.807, 2.05) is 42.5 Å². The zero-order chi connectivity index (χ0) is 17.2. The van der Waals surface area contributed by atoms with Gasteiger partial charge in [-0.1, -0.05) is 68.4 Å². The molecule has 2 nitrogen and oxygen atoms in total. The number of hydrogen-bond acceptors (Lipinski definition) is 2. The molecule has 0 unspecified atom stereocenters. The second-order valence-corrected chi connectivity index (χ2v) is 6.42. The van der Waals surface area contributed by atoms with Crippen molar-refractivity contribution in [3.8, 4) is 11.5 Å². The molecule has 0 heterocycles. The van der Waals surface area contributed by atoms with Gasteiger partial charge in [-0.15, -0.1) is 0 Å². The zero-order valence-corrected chi connectivity index (χ0v) is 14.0. The van der Waals surface area contributed by atoms with Crippen molar-refractivity contribution in [2.45, 2.75) is 19.3 Å². The fourth-order valence-corrected chi connectivity index (χ4v) is 3.65. The molecule has 3 aromatic rings. The van der Waals surface area contributed by atoms with Crippen LogP contribution in [0.2, 0.25) is 0 Å². The topological polar surface area (TPSA) is 40.5 Å². The van der Waals surface area contributed by atoms with Crippen LogP contribution in [0.15, 0.2) is 78.9 Å². The van der Waals surface area contributed by atoms with Gasteiger partial charge in [0.25, 0.3) is 0 Å². The predicted octanol–water partition coefficient (Wildman–Crippen LogP) is 5.09. The number of phenolic OH excluding ortho intramolecular Hbond substituents is 2. The van der Waals surface area contributed by atoms with Crippen molar-refractivity contribution in [1.82, 2.24) is 0 Å². The van der Waals surface area contributed by atoms with Gasteiger partial charge in [0.05, 0.1) is 0 Å². The van der Waals surface area contributed by atoms with Gasteiger partial charge < -0.3 is 10.2 Å². The van der Waals surface area contributed by atoms with E-state index in [1.54, 1.807) is 24.3 Å². The highest BCUT2D eigenvalue weighted by Gasteiger charge is 2.39. The summed E-state index contributed by atoms with van der Waals surface area (Å²) in [5.41, 5.74) is 3.07. The molecule has 2 N–H and O–H groups in total. The lowest BCUT2D eigenvalue weighted by Gasteiger charge is -2.40. The molecule has 0 aliphatic rings. The highest BCUT2D eigenvalue weighted by molar-refractivity contribution is 5.52. The second-order valence-electron chi connectivity index (χ2n) is 6.42. The van der Waals surface area contributed by atoms with Crippen LogP contribution in [0, 0.1) is 5.92 Å². The maximum atomic E-state index is 9.71. The Morgan fingerprint density at radius 2 is 0.958 bits per heavy atom. The largest absolute Gasteiger partial charge is 0.508 e. The molecule has 0 atom stereocenters. The van der Waals surface area contributed by atoms with Gasteiger partial charge in [0.15, 0.2) is 0 Å². The van der Waals surface area contributed by atoms with Gasteiger partial charge in [-0.2, -0.15) is 0 Å². The third kappa shape index (κ3) is 2.65. The predicted molar refractivity (Wildman–Crippen MR) is 97.4 cm³/mol. The van der Waals surface area contributed by atoms with E-state index in [-0.39, 0.29) is 22.8 Å². The number of benzene rings is 3. The molecule has 0 aliphatic carbocycles. The van der Waals surface area contributed by atoms with Crippen molar-refractivity contribution in [3.63, 3.8) is 0 Å². The number of hydrogen-bond donors (Lipinski definition) is 2. The van der Waals surface area contributed by atoms with Crippen molar-refractivity contribution >= 4 is 0 Å². The van der Waals surface area contributed by atoms with E-state index in [4.69, 9.17) is 0 Å². The minimum absolute atomic E-state index is 0.259. The van der Waals surface area contributed by atoms with E-state index in [2.05, 4.69) is 26.0 Å². The Morgan fingerprint density at radius 1 is 0.583 bits per heavy atom. The molecular weight excluding hydrogens is 296 g/mol. The Kier molecular flexibility index (Phi) is 4.30. The van der Waals surface area contributed by atoms with Crippen LogP contribution in [0.3, 0.4) is 0 Å². The minimum atomic E-state index is -0.358. The zero-order valence-electron chi connectivity index (χ0n) is 14.0. The van der Waals surface area contributed by atoms with Gasteiger partial charge in [-0.25, -0.2) is 0 Å². The normalized spacial score (nSPS) is 11.6. The first kappa shape index (κ1) is 16.1. The first-order chi connectivity index (χ1) is 11.5.